The zero-order valence-electron chi connectivity index (χ0n) is 7.38. The molecule has 0 aromatic carbocycles. The Morgan fingerprint density at radius 1 is 1.43 bits per heavy atom. The molecule has 0 aliphatic carbocycles. The van der Waals surface area contributed by atoms with Crippen LogP contribution in [-0.4, -0.2) is 18.2 Å². The fraction of sp³-hybridized carbons (Fsp3) is 0.375. The number of nitrogens with zero attached hydrogens (tertiary/aromatic N) is 4. The molecule has 6 heteroatoms. The van der Waals surface area contributed by atoms with Crippen molar-refractivity contribution in [1.82, 2.24) is 4.98 Å². The topological polar surface area (TPSA) is 80.1 Å². The van der Waals surface area contributed by atoms with Crippen molar-refractivity contribution in [2.24, 2.45) is 5.11 Å². The van der Waals surface area contributed by atoms with E-state index in [4.69, 9.17) is 15.0 Å². The largest absolute Gasteiger partial charge is 0.486 e. The molecule has 1 aliphatic rings. The van der Waals surface area contributed by atoms with E-state index in [1.54, 1.807) is 12.3 Å². The summed E-state index contributed by atoms with van der Waals surface area (Å²) in [7, 11) is 0. The summed E-state index contributed by atoms with van der Waals surface area (Å²) in [5.74, 6) is 1.30. The van der Waals surface area contributed by atoms with E-state index in [-0.39, 0.29) is 6.54 Å². The molecule has 1 aliphatic heterocycles. The monoisotopic (exact) mass is 192 g/mol. The van der Waals surface area contributed by atoms with Crippen LogP contribution >= 0.6 is 0 Å². The van der Waals surface area contributed by atoms with Crippen LogP contribution in [0.5, 0.6) is 11.5 Å². The van der Waals surface area contributed by atoms with Crippen molar-refractivity contribution < 1.29 is 9.47 Å². The molecule has 0 N–H and O–H groups in total. The summed E-state index contributed by atoms with van der Waals surface area (Å²) in [5, 5.41) is 3.41. The van der Waals surface area contributed by atoms with Crippen LogP contribution in [0, 0.1) is 0 Å². The highest BCUT2D eigenvalue weighted by molar-refractivity contribution is 5.39. The number of fused-ring (bicyclic) bond motifs is 1. The Morgan fingerprint density at radius 3 is 3.00 bits per heavy atom. The average Bonchev–Trinajstić information content (AvgIpc) is 2.26. The predicted octanol–water partition coefficient (Wildman–Crippen LogP) is 1.66. The van der Waals surface area contributed by atoms with Crippen LogP contribution in [0.25, 0.3) is 10.4 Å². The second-order valence-electron chi connectivity index (χ2n) is 2.71. The molecule has 0 atom stereocenters. The van der Waals surface area contributed by atoms with Gasteiger partial charge in [-0.05, 0) is 5.53 Å². The lowest BCUT2D eigenvalue weighted by Gasteiger charge is -2.17. The van der Waals surface area contributed by atoms with Crippen molar-refractivity contribution in [3.8, 4) is 11.5 Å². The van der Waals surface area contributed by atoms with Gasteiger partial charge < -0.3 is 9.47 Å². The molecule has 0 saturated carbocycles. The zero-order chi connectivity index (χ0) is 9.80. The van der Waals surface area contributed by atoms with Gasteiger partial charge in [-0.1, -0.05) is 5.11 Å². The maximum Gasteiger partial charge on any atom is 0.179 e. The van der Waals surface area contributed by atoms with Crippen LogP contribution in [-0.2, 0) is 6.54 Å². The highest BCUT2D eigenvalue weighted by Gasteiger charge is 2.11. The summed E-state index contributed by atoms with van der Waals surface area (Å²) >= 11 is 0. The summed E-state index contributed by atoms with van der Waals surface area (Å²) in [4.78, 5) is 6.72. The Kier molecular flexibility index (Phi) is 2.38. The SMILES string of the molecule is [N-]=[N+]=NCc1cc2c(cn1)OCCO2. The van der Waals surface area contributed by atoms with E-state index in [0.717, 1.165) is 0 Å². The molecule has 0 bridgehead atoms. The molecule has 2 heterocycles. The van der Waals surface area contributed by atoms with Crippen LogP contribution in [0.2, 0.25) is 0 Å². The number of hydrogen-bond donors (Lipinski definition) is 0. The fourth-order valence-corrected chi connectivity index (χ4v) is 1.18. The molecule has 0 radical (unpaired) electrons. The quantitative estimate of drug-likeness (QED) is 0.406. The third kappa shape index (κ3) is 1.70. The number of ether oxygens (including phenoxy) is 2. The molecule has 1 aromatic rings. The van der Waals surface area contributed by atoms with Gasteiger partial charge in [0.1, 0.15) is 13.2 Å². The molecule has 0 unspecified atom stereocenters. The van der Waals surface area contributed by atoms with E-state index in [0.29, 0.717) is 30.4 Å². The fourth-order valence-electron chi connectivity index (χ4n) is 1.18. The van der Waals surface area contributed by atoms with Gasteiger partial charge in [0.2, 0.25) is 0 Å². The Bertz CT molecular complexity index is 387. The van der Waals surface area contributed by atoms with Crippen molar-refractivity contribution in [1.29, 1.82) is 0 Å². The predicted molar refractivity (Wildman–Crippen MR) is 48.1 cm³/mol. The van der Waals surface area contributed by atoms with Gasteiger partial charge >= 0.3 is 0 Å². The molecular weight excluding hydrogens is 184 g/mol. The highest BCUT2D eigenvalue weighted by atomic mass is 16.6. The first-order chi connectivity index (χ1) is 6.90. The molecule has 1 aromatic heterocycles. The first kappa shape index (κ1) is 8.65. The Hall–Kier alpha value is -1.94. The summed E-state index contributed by atoms with van der Waals surface area (Å²) in [6, 6.07) is 1.73. The summed E-state index contributed by atoms with van der Waals surface area (Å²) < 4.78 is 10.6. The molecule has 72 valence electrons. The summed E-state index contributed by atoms with van der Waals surface area (Å²) in [6.45, 7) is 1.31. The minimum atomic E-state index is 0.229. The molecule has 14 heavy (non-hydrogen) atoms. The van der Waals surface area contributed by atoms with Crippen molar-refractivity contribution in [2.45, 2.75) is 6.54 Å². The smallest absolute Gasteiger partial charge is 0.179 e. The van der Waals surface area contributed by atoms with Crippen LogP contribution in [0.4, 0.5) is 0 Å². The Morgan fingerprint density at radius 2 is 2.21 bits per heavy atom. The second kappa shape index (κ2) is 3.85. The van der Waals surface area contributed by atoms with E-state index in [1.165, 1.54) is 0 Å². The van der Waals surface area contributed by atoms with Gasteiger partial charge in [-0.25, -0.2) is 0 Å². The first-order valence-electron chi connectivity index (χ1n) is 4.15. The average molecular weight is 192 g/mol. The lowest BCUT2D eigenvalue weighted by Crippen LogP contribution is -2.15. The summed E-state index contributed by atoms with van der Waals surface area (Å²) in [6.07, 6.45) is 1.58. The van der Waals surface area contributed by atoms with Gasteiger partial charge in [-0.3, -0.25) is 4.98 Å². The van der Waals surface area contributed by atoms with Crippen LogP contribution < -0.4 is 9.47 Å². The van der Waals surface area contributed by atoms with Crippen molar-refractivity contribution >= 4 is 0 Å². The van der Waals surface area contributed by atoms with Crippen LogP contribution in [0.15, 0.2) is 17.4 Å². The Balaban J connectivity index is 2.24. The minimum Gasteiger partial charge on any atom is -0.486 e. The normalized spacial score (nSPS) is 13.1. The number of pyridine rings is 1. The van der Waals surface area contributed by atoms with Crippen molar-refractivity contribution in [3.63, 3.8) is 0 Å². The van der Waals surface area contributed by atoms with Gasteiger partial charge in [0.25, 0.3) is 0 Å². The minimum absolute atomic E-state index is 0.229. The van der Waals surface area contributed by atoms with Gasteiger partial charge in [-0.15, -0.1) is 0 Å². The molecule has 0 spiro atoms. The van der Waals surface area contributed by atoms with Gasteiger partial charge in [0.15, 0.2) is 11.5 Å². The maximum absolute atomic E-state index is 8.14. The van der Waals surface area contributed by atoms with Gasteiger partial charge in [0, 0.05) is 11.0 Å². The number of azide groups is 1. The molecule has 0 saturated heterocycles. The van der Waals surface area contributed by atoms with Gasteiger partial charge in [-0.2, -0.15) is 0 Å². The van der Waals surface area contributed by atoms with E-state index in [1.807, 2.05) is 0 Å². The standard InChI is InChI=1S/C8H8N4O2/c9-12-11-4-6-3-7-8(5-10-6)14-2-1-13-7/h3,5H,1-2,4H2. The number of rotatable bonds is 2. The molecule has 6 nitrogen and oxygen atoms in total. The van der Waals surface area contributed by atoms with Gasteiger partial charge in [0.05, 0.1) is 18.4 Å². The Labute approximate surface area is 80.1 Å². The second-order valence-corrected chi connectivity index (χ2v) is 2.71. The number of aromatic nitrogens is 1. The highest BCUT2D eigenvalue weighted by Crippen LogP contribution is 2.29. The van der Waals surface area contributed by atoms with Crippen molar-refractivity contribution in [2.75, 3.05) is 13.2 Å². The maximum atomic E-state index is 8.14. The first-order valence-corrected chi connectivity index (χ1v) is 4.15. The lowest BCUT2D eigenvalue weighted by atomic mass is 10.3. The molecular formula is C8H8N4O2. The third-order valence-corrected chi connectivity index (χ3v) is 1.78. The zero-order valence-corrected chi connectivity index (χ0v) is 7.38. The summed E-state index contributed by atoms with van der Waals surface area (Å²) in [5.41, 5.74) is 8.81. The van der Waals surface area contributed by atoms with E-state index < -0.39 is 0 Å². The molecule has 0 amide bonds. The lowest BCUT2D eigenvalue weighted by molar-refractivity contribution is 0.170. The van der Waals surface area contributed by atoms with Crippen molar-refractivity contribution in [3.05, 3.63) is 28.4 Å². The van der Waals surface area contributed by atoms with E-state index in [2.05, 4.69) is 15.0 Å². The molecule has 0 fully saturated rings. The van der Waals surface area contributed by atoms with E-state index >= 15 is 0 Å². The third-order valence-electron chi connectivity index (χ3n) is 1.78. The van der Waals surface area contributed by atoms with Crippen LogP contribution in [0.3, 0.4) is 0 Å². The van der Waals surface area contributed by atoms with Crippen LogP contribution in [0.1, 0.15) is 5.69 Å². The number of hydrogen-bond acceptors (Lipinski definition) is 4. The van der Waals surface area contributed by atoms with E-state index in [9.17, 15) is 0 Å². The molecule has 2 rings (SSSR count).